The van der Waals surface area contributed by atoms with Crippen LogP contribution in [0.15, 0.2) is 30.3 Å². The molecule has 0 saturated carbocycles. The number of carbonyl (C=O) groups excluding carboxylic acids is 1. The first kappa shape index (κ1) is 18.4. The van der Waals surface area contributed by atoms with Gasteiger partial charge in [-0.15, -0.1) is 0 Å². The van der Waals surface area contributed by atoms with Crippen molar-refractivity contribution in [2.24, 2.45) is 5.92 Å². The van der Waals surface area contributed by atoms with E-state index < -0.39 is 11.9 Å². The van der Waals surface area contributed by atoms with E-state index in [1.807, 2.05) is 18.2 Å². The molecular weight excluding hydrogens is 258 g/mol. The molecule has 1 aromatic carbocycles. The molecule has 0 aromatic heterocycles. The topological polar surface area (TPSA) is 69.6 Å². The van der Waals surface area contributed by atoms with Crippen molar-refractivity contribution in [2.75, 3.05) is 40.9 Å². The van der Waals surface area contributed by atoms with E-state index in [4.69, 9.17) is 9.84 Å². The maximum absolute atomic E-state index is 10.3. The number of quaternary nitrogens is 1. The average Bonchev–Trinajstić information content (AvgIpc) is 2.36. The predicted octanol–water partition coefficient (Wildman–Crippen LogP) is 0.136. The van der Waals surface area contributed by atoms with Crippen LogP contribution >= 0.6 is 0 Å². The Bertz CT molecular complexity index is 373. The van der Waals surface area contributed by atoms with Gasteiger partial charge in [0.15, 0.2) is 0 Å². The maximum atomic E-state index is 10.3. The van der Waals surface area contributed by atoms with Gasteiger partial charge in [0.05, 0.1) is 34.4 Å². The van der Waals surface area contributed by atoms with Crippen LogP contribution in [-0.2, 0) is 4.79 Å². The smallest absolute Gasteiger partial charge is 0.119 e. The number of ether oxygens (including phenoxy) is 1. The number of hydrogen-bond donors (Lipinski definition) is 1. The lowest BCUT2D eigenvalue weighted by atomic mass is 10.2. The molecular formula is C15H25NO4. The van der Waals surface area contributed by atoms with Gasteiger partial charge >= 0.3 is 0 Å². The van der Waals surface area contributed by atoms with Crippen LogP contribution in [0.3, 0.4) is 0 Å². The molecule has 0 heterocycles. The molecule has 0 bridgehead atoms. The molecule has 114 valence electrons. The highest BCUT2D eigenvalue weighted by Gasteiger charge is 2.03. The summed E-state index contributed by atoms with van der Waals surface area (Å²) in [5, 5.41) is 18.7. The van der Waals surface area contributed by atoms with Crippen molar-refractivity contribution in [1.29, 1.82) is 0 Å². The Morgan fingerprint density at radius 3 is 2.20 bits per heavy atom. The van der Waals surface area contributed by atoms with Gasteiger partial charge in [-0.2, -0.15) is 0 Å². The number of hydrogen-bond acceptors (Lipinski definition) is 4. The first-order chi connectivity index (χ1) is 9.26. The predicted molar refractivity (Wildman–Crippen MR) is 76.1 cm³/mol. The Morgan fingerprint density at radius 2 is 1.85 bits per heavy atom. The zero-order chi connectivity index (χ0) is 15.6. The average molecular weight is 283 g/mol. The lowest BCUT2D eigenvalue weighted by Gasteiger charge is -2.21. The van der Waals surface area contributed by atoms with Gasteiger partial charge in [0.2, 0.25) is 0 Å². The van der Waals surface area contributed by atoms with E-state index in [9.17, 15) is 9.90 Å². The van der Waals surface area contributed by atoms with Gasteiger partial charge in [-0.3, -0.25) is 0 Å². The van der Waals surface area contributed by atoms with Gasteiger partial charge in [-0.05, 0) is 12.1 Å². The summed E-state index contributed by atoms with van der Waals surface area (Å²) in [4.78, 5) is 10.3. The van der Waals surface area contributed by atoms with Crippen molar-refractivity contribution in [2.45, 2.75) is 6.92 Å². The number of para-hydroxylation sites is 1. The second-order valence-electron chi connectivity index (χ2n) is 5.58. The van der Waals surface area contributed by atoms with E-state index in [1.165, 1.54) is 0 Å². The highest BCUT2D eigenvalue weighted by atomic mass is 16.5. The molecule has 1 unspecified atom stereocenters. The van der Waals surface area contributed by atoms with Crippen molar-refractivity contribution in [1.82, 2.24) is 0 Å². The largest absolute Gasteiger partial charge is 0.550 e. The number of carbonyl (C=O) groups is 1. The Morgan fingerprint density at radius 1 is 1.30 bits per heavy atom. The van der Waals surface area contributed by atoms with Gasteiger partial charge in [0, 0.05) is 11.9 Å². The summed E-state index contributed by atoms with van der Waals surface area (Å²) in [5.41, 5.74) is 0. The van der Waals surface area contributed by atoms with Crippen LogP contribution in [0.5, 0.6) is 5.75 Å². The monoisotopic (exact) mass is 283 g/mol. The summed E-state index contributed by atoms with van der Waals surface area (Å²) >= 11 is 0. The standard InChI is InChI=1S/C10H12O3.C5H14NO/c1-8(10(11)12)7-13-9-5-3-2-4-6-9;1-6(2,3)4-5-7/h2-6,8H,7H2,1H3,(H,11,12);7H,4-5H2,1-3H3/q;+1/p-1. The molecule has 5 nitrogen and oxygen atoms in total. The Hall–Kier alpha value is -1.59. The minimum Gasteiger partial charge on any atom is -0.550 e. The molecule has 1 atom stereocenters. The summed E-state index contributed by atoms with van der Waals surface area (Å²) in [5.74, 6) is -0.994. The fourth-order valence-electron chi connectivity index (χ4n) is 1.11. The molecule has 0 aliphatic carbocycles. The van der Waals surface area contributed by atoms with Gasteiger partial charge < -0.3 is 24.2 Å². The van der Waals surface area contributed by atoms with E-state index in [0.717, 1.165) is 11.0 Å². The Balaban J connectivity index is 0.000000441. The summed E-state index contributed by atoms with van der Waals surface area (Å²) in [7, 11) is 6.16. The zero-order valence-electron chi connectivity index (χ0n) is 12.7. The van der Waals surface area contributed by atoms with Gasteiger partial charge in [-0.1, -0.05) is 25.1 Å². The maximum Gasteiger partial charge on any atom is 0.119 e. The fourth-order valence-corrected chi connectivity index (χ4v) is 1.11. The van der Waals surface area contributed by atoms with Crippen molar-refractivity contribution >= 4 is 5.97 Å². The molecule has 0 saturated heterocycles. The number of aliphatic hydroxyl groups excluding tert-OH is 1. The highest BCUT2D eigenvalue weighted by Crippen LogP contribution is 2.09. The number of carboxylic acids is 1. The fraction of sp³-hybridized carbons (Fsp3) is 0.533. The molecule has 1 aromatic rings. The van der Waals surface area contributed by atoms with Crippen molar-refractivity contribution < 1.29 is 24.2 Å². The van der Waals surface area contributed by atoms with Crippen LogP contribution in [0.2, 0.25) is 0 Å². The van der Waals surface area contributed by atoms with E-state index in [-0.39, 0.29) is 13.2 Å². The van der Waals surface area contributed by atoms with Crippen LogP contribution in [0, 0.1) is 5.92 Å². The van der Waals surface area contributed by atoms with Gasteiger partial charge in [0.25, 0.3) is 0 Å². The van der Waals surface area contributed by atoms with Crippen molar-refractivity contribution in [3.05, 3.63) is 30.3 Å². The SMILES string of the molecule is CC(COc1ccccc1)C(=O)[O-].C[N+](C)(C)CCO. The molecule has 0 aliphatic heterocycles. The van der Waals surface area contributed by atoms with Crippen LogP contribution in [-0.4, -0.2) is 56.5 Å². The Kier molecular flexibility index (Phi) is 8.59. The third kappa shape index (κ3) is 10.3. The molecule has 5 heteroatoms. The van der Waals surface area contributed by atoms with E-state index >= 15 is 0 Å². The Labute approximate surface area is 121 Å². The summed E-state index contributed by atoms with van der Waals surface area (Å²) in [6.45, 7) is 2.81. The zero-order valence-corrected chi connectivity index (χ0v) is 12.7. The van der Waals surface area contributed by atoms with Gasteiger partial charge in [-0.25, -0.2) is 0 Å². The van der Waals surface area contributed by atoms with Crippen LogP contribution in [0.4, 0.5) is 0 Å². The molecule has 1 rings (SSSR count). The third-order valence-electron chi connectivity index (χ3n) is 2.42. The van der Waals surface area contributed by atoms with E-state index in [1.54, 1.807) is 19.1 Å². The number of likely N-dealkylation sites (N-methyl/N-ethyl adjacent to an activating group) is 1. The number of aliphatic hydroxyl groups is 1. The van der Waals surface area contributed by atoms with Crippen molar-refractivity contribution in [3.63, 3.8) is 0 Å². The minimum atomic E-state index is -1.09. The number of carboxylic acid groups (broad SMARTS) is 1. The molecule has 0 fully saturated rings. The highest BCUT2D eigenvalue weighted by molar-refractivity contribution is 5.67. The molecule has 1 N–H and O–H groups in total. The van der Waals surface area contributed by atoms with Gasteiger partial charge in [0.1, 0.15) is 12.3 Å². The molecule has 20 heavy (non-hydrogen) atoms. The van der Waals surface area contributed by atoms with Crippen LogP contribution in [0.1, 0.15) is 6.92 Å². The van der Waals surface area contributed by atoms with Crippen LogP contribution in [0.25, 0.3) is 0 Å². The number of nitrogens with zero attached hydrogens (tertiary/aromatic N) is 1. The van der Waals surface area contributed by atoms with Crippen molar-refractivity contribution in [3.8, 4) is 5.75 Å². The summed E-state index contributed by atoms with van der Waals surface area (Å²) in [6.07, 6.45) is 0. The third-order valence-corrected chi connectivity index (χ3v) is 2.42. The number of rotatable bonds is 6. The quantitative estimate of drug-likeness (QED) is 0.754. The van der Waals surface area contributed by atoms with E-state index in [2.05, 4.69) is 21.1 Å². The molecule has 0 aliphatic rings. The minimum absolute atomic E-state index is 0.145. The second-order valence-corrected chi connectivity index (χ2v) is 5.58. The second kappa shape index (κ2) is 9.34. The summed E-state index contributed by atoms with van der Waals surface area (Å²) in [6, 6.07) is 9.09. The lowest BCUT2D eigenvalue weighted by molar-refractivity contribution is -0.870. The molecule has 0 amide bonds. The lowest BCUT2D eigenvalue weighted by Crippen LogP contribution is -2.36. The van der Waals surface area contributed by atoms with Crippen LogP contribution < -0.4 is 9.84 Å². The first-order valence-electron chi connectivity index (χ1n) is 6.56. The number of aliphatic carboxylic acids is 1. The normalized spacial score (nSPS) is 12.1. The number of benzene rings is 1. The summed E-state index contributed by atoms with van der Waals surface area (Å²) < 4.78 is 6.05. The first-order valence-corrected chi connectivity index (χ1v) is 6.56. The molecule has 0 radical (unpaired) electrons. The molecule has 0 spiro atoms. The van der Waals surface area contributed by atoms with E-state index in [0.29, 0.717) is 5.75 Å².